The fourth-order valence-electron chi connectivity index (χ4n) is 2.80. The predicted molar refractivity (Wildman–Crippen MR) is 97.8 cm³/mol. The maximum absolute atomic E-state index is 12.4. The van der Waals surface area contributed by atoms with Gasteiger partial charge in [-0.15, -0.1) is 0 Å². The van der Waals surface area contributed by atoms with Crippen LogP contribution in [0.1, 0.15) is 21.8 Å². The normalized spacial score (nSPS) is 10.9. The molecule has 6 heteroatoms. The van der Waals surface area contributed by atoms with Crippen molar-refractivity contribution < 1.29 is 9.21 Å². The van der Waals surface area contributed by atoms with Gasteiger partial charge in [0.1, 0.15) is 5.52 Å². The summed E-state index contributed by atoms with van der Waals surface area (Å²) in [4.78, 5) is 16.8. The first-order valence-corrected chi connectivity index (χ1v) is 8.47. The van der Waals surface area contributed by atoms with Crippen molar-refractivity contribution >= 4 is 17.0 Å². The molecule has 4 rings (SSSR count). The lowest BCUT2D eigenvalue weighted by Crippen LogP contribution is -2.25. The molecule has 130 valence electrons. The largest absolute Gasteiger partial charge is 0.441 e. The van der Waals surface area contributed by atoms with Crippen LogP contribution in [0.5, 0.6) is 0 Å². The van der Waals surface area contributed by atoms with Crippen LogP contribution >= 0.6 is 0 Å². The van der Waals surface area contributed by atoms with E-state index in [-0.39, 0.29) is 5.91 Å². The van der Waals surface area contributed by atoms with Crippen LogP contribution in [0.2, 0.25) is 0 Å². The van der Waals surface area contributed by atoms with Crippen molar-refractivity contribution in [2.75, 3.05) is 6.54 Å². The van der Waals surface area contributed by atoms with Gasteiger partial charge in [-0.3, -0.25) is 9.48 Å². The number of para-hydroxylation sites is 2. The summed E-state index contributed by atoms with van der Waals surface area (Å²) < 4.78 is 7.48. The summed E-state index contributed by atoms with van der Waals surface area (Å²) in [5, 5.41) is 7.10. The molecule has 0 radical (unpaired) electrons. The van der Waals surface area contributed by atoms with Crippen LogP contribution in [0.3, 0.4) is 0 Å². The average molecular weight is 346 g/mol. The van der Waals surface area contributed by atoms with E-state index in [2.05, 4.69) is 15.4 Å². The van der Waals surface area contributed by atoms with Gasteiger partial charge in [0, 0.05) is 30.9 Å². The number of fused-ring (bicyclic) bond motifs is 1. The SMILES string of the molecule is O=C(NCCc1nc2ccccc2o1)c1cccc(Cn2cccn2)c1. The molecule has 2 heterocycles. The highest BCUT2D eigenvalue weighted by Gasteiger charge is 2.08. The molecule has 0 saturated heterocycles. The summed E-state index contributed by atoms with van der Waals surface area (Å²) >= 11 is 0. The van der Waals surface area contributed by atoms with Gasteiger partial charge in [0.05, 0.1) is 6.54 Å². The molecule has 6 nitrogen and oxygen atoms in total. The van der Waals surface area contributed by atoms with E-state index >= 15 is 0 Å². The lowest BCUT2D eigenvalue weighted by molar-refractivity contribution is 0.0953. The number of hydrogen-bond donors (Lipinski definition) is 1. The fraction of sp³-hybridized carbons (Fsp3) is 0.150. The van der Waals surface area contributed by atoms with Crippen molar-refractivity contribution in [3.8, 4) is 0 Å². The monoisotopic (exact) mass is 346 g/mol. The maximum atomic E-state index is 12.4. The molecule has 2 aromatic heterocycles. The van der Waals surface area contributed by atoms with Gasteiger partial charge in [-0.1, -0.05) is 24.3 Å². The van der Waals surface area contributed by atoms with E-state index in [9.17, 15) is 4.79 Å². The second kappa shape index (κ2) is 7.23. The quantitative estimate of drug-likeness (QED) is 0.582. The van der Waals surface area contributed by atoms with Crippen LogP contribution < -0.4 is 5.32 Å². The van der Waals surface area contributed by atoms with Crippen LogP contribution in [0.15, 0.2) is 71.4 Å². The number of nitrogens with zero attached hydrogens (tertiary/aromatic N) is 3. The molecule has 0 aliphatic heterocycles. The van der Waals surface area contributed by atoms with Crippen molar-refractivity contribution in [1.29, 1.82) is 0 Å². The van der Waals surface area contributed by atoms with E-state index in [4.69, 9.17) is 4.42 Å². The minimum atomic E-state index is -0.108. The molecule has 0 spiro atoms. The Morgan fingerprint density at radius 3 is 2.88 bits per heavy atom. The van der Waals surface area contributed by atoms with Crippen LogP contribution in [0, 0.1) is 0 Å². The maximum Gasteiger partial charge on any atom is 0.251 e. The Kier molecular flexibility index (Phi) is 4.47. The molecule has 0 fully saturated rings. The van der Waals surface area contributed by atoms with Crippen molar-refractivity contribution in [2.24, 2.45) is 0 Å². The van der Waals surface area contributed by atoms with E-state index in [1.54, 1.807) is 12.3 Å². The molecule has 0 unspecified atom stereocenters. The number of carbonyl (C=O) groups is 1. The van der Waals surface area contributed by atoms with E-state index in [1.165, 1.54) is 0 Å². The number of amides is 1. The highest BCUT2D eigenvalue weighted by molar-refractivity contribution is 5.94. The number of nitrogens with one attached hydrogen (secondary N) is 1. The second-order valence-electron chi connectivity index (χ2n) is 5.99. The Hall–Kier alpha value is -3.41. The van der Waals surface area contributed by atoms with Gasteiger partial charge >= 0.3 is 0 Å². The summed E-state index contributed by atoms with van der Waals surface area (Å²) in [5.41, 5.74) is 3.26. The van der Waals surface area contributed by atoms with E-state index < -0.39 is 0 Å². The van der Waals surface area contributed by atoms with Crippen LogP contribution in [-0.4, -0.2) is 27.2 Å². The van der Waals surface area contributed by atoms with E-state index in [0.717, 1.165) is 16.7 Å². The molecule has 2 aromatic carbocycles. The summed E-state index contributed by atoms with van der Waals surface area (Å²) in [6.07, 6.45) is 4.18. The van der Waals surface area contributed by atoms with Crippen molar-refractivity contribution in [1.82, 2.24) is 20.1 Å². The number of rotatable bonds is 6. The Balaban J connectivity index is 1.35. The van der Waals surface area contributed by atoms with Gasteiger partial charge in [-0.05, 0) is 35.9 Å². The zero-order valence-corrected chi connectivity index (χ0v) is 14.1. The van der Waals surface area contributed by atoms with E-state index in [1.807, 2.05) is 59.4 Å². The summed E-state index contributed by atoms with van der Waals surface area (Å²) in [7, 11) is 0. The molecule has 0 aliphatic carbocycles. The molecule has 0 saturated carbocycles. The minimum absolute atomic E-state index is 0.108. The number of oxazole rings is 1. The molecule has 0 aliphatic rings. The highest BCUT2D eigenvalue weighted by Crippen LogP contribution is 2.14. The number of benzene rings is 2. The van der Waals surface area contributed by atoms with Crippen LogP contribution in [0.25, 0.3) is 11.1 Å². The molecular formula is C20H18N4O2. The molecule has 0 bridgehead atoms. The first-order valence-electron chi connectivity index (χ1n) is 8.47. The van der Waals surface area contributed by atoms with Gasteiger partial charge in [0.15, 0.2) is 11.5 Å². The van der Waals surface area contributed by atoms with Crippen molar-refractivity contribution in [3.63, 3.8) is 0 Å². The molecule has 26 heavy (non-hydrogen) atoms. The molecule has 1 amide bonds. The molecule has 0 atom stereocenters. The molecule has 1 N–H and O–H groups in total. The molecular weight excluding hydrogens is 328 g/mol. The third-order valence-electron chi connectivity index (χ3n) is 4.06. The van der Waals surface area contributed by atoms with Gasteiger partial charge in [-0.25, -0.2) is 4.98 Å². The van der Waals surface area contributed by atoms with Gasteiger partial charge in [0.25, 0.3) is 5.91 Å². The van der Waals surface area contributed by atoms with Crippen LogP contribution in [0.4, 0.5) is 0 Å². The Labute approximate surface area is 150 Å². The lowest BCUT2D eigenvalue weighted by atomic mass is 10.1. The first-order chi connectivity index (χ1) is 12.8. The van der Waals surface area contributed by atoms with Crippen LogP contribution in [-0.2, 0) is 13.0 Å². The van der Waals surface area contributed by atoms with Gasteiger partial charge in [0.2, 0.25) is 0 Å². The minimum Gasteiger partial charge on any atom is -0.441 e. The van der Waals surface area contributed by atoms with E-state index in [0.29, 0.717) is 31.0 Å². The zero-order valence-electron chi connectivity index (χ0n) is 14.1. The topological polar surface area (TPSA) is 73.0 Å². The number of carbonyl (C=O) groups excluding carboxylic acids is 1. The third-order valence-corrected chi connectivity index (χ3v) is 4.06. The second-order valence-corrected chi connectivity index (χ2v) is 5.99. The Bertz CT molecular complexity index is 988. The van der Waals surface area contributed by atoms with Crippen molar-refractivity contribution in [3.05, 3.63) is 84.0 Å². The van der Waals surface area contributed by atoms with Gasteiger partial charge in [-0.2, -0.15) is 5.10 Å². The third kappa shape index (κ3) is 3.64. The Morgan fingerprint density at radius 2 is 2.04 bits per heavy atom. The van der Waals surface area contributed by atoms with Gasteiger partial charge < -0.3 is 9.73 Å². The average Bonchev–Trinajstić information content (AvgIpc) is 3.31. The number of aromatic nitrogens is 3. The van der Waals surface area contributed by atoms with Crippen molar-refractivity contribution in [2.45, 2.75) is 13.0 Å². The summed E-state index contributed by atoms with van der Waals surface area (Å²) in [6.45, 7) is 1.10. The highest BCUT2D eigenvalue weighted by atomic mass is 16.3. The standard InChI is InChI=1S/C20H18N4O2/c25-20(16-6-3-5-15(13-16)14-24-12-4-10-22-24)21-11-9-19-23-17-7-1-2-8-18(17)26-19/h1-8,10,12-13H,9,11,14H2,(H,21,25). The Morgan fingerprint density at radius 1 is 1.12 bits per heavy atom. The first kappa shape index (κ1) is 16.1. The predicted octanol–water partition coefficient (Wildman–Crippen LogP) is 3.05. The zero-order chi connectivity index (χ0) is 17.8. The smallest absolute Gasteiger partial charge is 0.251 e. The lowest BCUT2D eigenvalue weighted by Gasteiger charge is -2.07. The number of hydrogen-bond acceptors (Lipinski definition) is 4. The summed E-state index contributed by atoms with van der Waals surface area (Å²) in [5.74, 6) is 0.516. The summed E-state index contributed by atoms with van der Waals surface area (Å²) in [6, 6.07) is 17.1. The molecule has 4 aromatic rings. The fourth-order valence-corrected chi connectivity index (χ4v) is 2.80.